The van der Waals surface area contributed by atoms with Gasteiger partial charge >= 0.3 is 0 Å². The summed E-state index contributed by atoms with van der Waals surface area (Å²) in [5, 5.41) is 0.986. The minimum atomic E-state index is -0.112. The van der Waals surface area contributed by atoms with Gasteiger partial charge in [0, 0.05) is 16.8 Å². The number of benzene rings is 2. The van der Waals surface area contributed by atoms with E-state index in [4.69, 9.17) is 23.2 Å². The monoisotopic (exact) mass is 403 g/mol. The molecule has 1 unspecified atom stereocenters. The van der Waals surface area contributed by atoms with Crippen LogP contribution in [-0.2, 0) is 0 Å². The highest BCUT2D eigenvalue weighted by Crippen LogP contribution is 2.70. The van der Waals surface area contributed by atoms with E-state index in [1.165, 1.54) is 0 Å². The van der Waals surface area contributed by atoms with Gasteiger partial charge in [-0.1, -0.05) is 69.1 Å². The van der Waals surface area contributed by atoms with Gasteiger partial charge in [-0.05, 0) is 60.4 Å². The zero-order valence-corrected chi connectivity index (χ0v) is 18.3. The van der Waals surface area contributed by atoms with Gasteiger partial charge < -0.3 is 4.90 Å². The maximum absolute atomic E-state index is 13.6. The summed E-state index contributed by atoms with van der Waals surface area (Å²) in [6, 6.07) is 13.3. The van der Waals surface area contributed by atoms with E-state index in [1.54, 1.807) is 12.1 Å². The van der Waals surface area contributed by atoms with Crippen LogP contribution in [0.1, 0.15) is 50.5 Å². The topological polar surface area (TPSA) is 20.3 Å². The van der Waals surface area contributed by atoms with E-state index >= 15 is 0 Å². The first kappa shape index (κ1) is 20.2. The lowest BCUT2D eigenvalue weighted by Crippen LogP contribution is -2.41. The van der Waals surface area contributed by atoms with Gasteiger partial charge in [0.25, 0.3) is 5.91 Å². The first-order valence-corrected chi connectivity index (χ1v) is 10.1. The van der Waals surface area contributed by atoms with Crippen LogP contribution in [-0.4, -0.2) is 11.9 Å². The highest BCUT2D eigenvalue weighted by Gasteiger charge is 2.67. The fraction of sp³-hybridized carbons (Fsp3) is 0.435. The summed E-state index contributed by atoms with van der Waals surface area (Å²) < 4.78 is 0. The summed E-state index contributed by atoms with van der Waals surface area (Å²) in [4.78, 5) is 15.5. The average molecular weight is 404 g/mol. The Kier molecular flexibility index (Phi) is 5.12. The van der Waals surface area contributed by atoms with Crippen LogP contribution in [0.25, 0.3) is 0 Å². The van der Waals surface area contributed by atoms with Crippen LogP contribution in [0.2, 0.25) is 10.0 Å². The zero-order valence-electron chi connectivity index (χ0n) is 16.8. The Morgan fingerprint density at radius 2 is 1.56 bits per heavy atom. The van der Waals surface area contributed by atoms with Gasteiger partial charge in [0.05, 0.1) is 10.6 Å². The number of hydrogen-bond donors (Lipinski definition) is 0. The molecule has 1 fully saturated rings. The minimum absolute atomic E-state index is 0.0287. The Balaban J connectivity index is 2.07. The van der Waals surface area contributed by atoms with Crippen LogP contribution < -0.4 is 4.90 Å². The summed E-state index contributed by atoms with van der Waals surface area (Å²) in [6.07, 6.45) is 0. The van der Waals surface area contributed by atoms with Crippen molar-refractivity contribution in [2.45, 2.75) is 47.6 Å². The lowest BCUT2D eigenvalue weighted by molar-refractivity contribution is 0.0973. The van der Waals surface area contributed by atoms with Crippen LogP contribution >= 0.6 is 23.2 Å². The van der Waals surface area contributed by atoms with Crippen molar-refractivity contribution in [1.82, 2.24) is 0 Å². The molecule has 2 aromatic carbocycles. The summed E-state index contributed by atoms with van der Waals surface area (Å²) in [5.41, 5.74) is 2.51. The number of amides is 1. The van der Waals surface area contributed by atoms with E-state index in [1.807, 2.05) is 42.2 Å². The Bertz CT molecular complexity index is 859. The van der Waals surface area contributed by atoms with E-state index in [0.29, 0.717) is 21.5 Å². The lowest BCUT2D eigenvalue weighted by Gasteiger charge is -2.31. The van der Waals surface area contributed by atoms with E-state index < -0.39 is 0 Å². The van der Waals surface area contributed by atoms with E-state index in [9.17, 15) is 4.79 Å². The third kappa shape index (κ3) is 3.28. The van der Waals surface area contributed by atoms with Crippen molar-refractivity contribution < 1.29 is 4.79 Å². The quantitative estimate of drug-likeness (QED) is 0.536. The van der Waals surface area contributed by atoms with Crippen LogP contribution in [0.4, 0.5) is 5.69 Å². The molecule has 1 amide bonds. The number of aryl methyl sites for hydroxylation is 1. The number of carbonyl (C=O) groups is 1. The van der Waals surface area contributed by atoms with E-state index in [2.05, 4.69) is 34.6 Å². The first-order chi connectivity index (χ1) is 12.5. The van der Waals surface area contributed by atoms with Crippen molar-refractivity contribution >= 4 is 34.8 Å². The van der Waals surface area contributed by atoms with Crippen molar-refractivity contribution in [2.24, 2.45) is 16.7 Å². The summed E-state index contributed by atoms with van der Waals surface area (Å²) >= 11 is 12.7. The third-order valence-corrected chi connectivity index (χ3v) is 7.47. The second-order valence-corrected chi connectivity index (χ2v) is 9.57. The second kappa shape index (κ2) is 6.83. The fourth-order valence-electron chi connectivity index (χ4n) is 4.67. The van der Waals surface area contributed by atoms with Crippen molar-refractivity contribution in [3.05, 3.63) is 63.6 Å². The van der Waals surface area contributed by atoms with Gasteiger partial charge in [-0.15, -0.1) is 0 Å². The Hall–Kier alpha value is -1.51. The molecule has 27 heavy (non-hydrogen) atoms. The third-order valence-electron chi connectivity index (χ3n) is 6.75. The maximum Gasteiger partial charge on any atom is 0.260 e. The Morgan fingerprint density at radius 1 is 1.00 bits per heavy atom. The molecule has 3 rings (SSSR count). The number of para-hydroxylation sites is 1. The summed E-state index contributed by atoms with van der Waals surface area (Å²) in [6.45, 7) is 13.1. The summed E-state index contributed by atoms with van der Waals surface area (Å²) in [5.74, 6) is 0.271. The second-order valence-electron chi connectivity index (χ2n) is 8.75. The molecule has 1 atom stereocenters. The Morgan fingerprint density at radius 3 is 2.07 bits per heavy atom. The van der Waals surface area contributed by atoms with Crippen molar-refractivity contribution in [2.75, 3.05) is 4.90 Å². The summed E-state index contributed by atoms with van der Waals surface area (Å²) in [7, 11) is 0. The van der Waals surface area contributed by atoms with Crippen LogP contribution in [0, 0.1) is 23.7 Å². The number of hydrogen-bond acceptors (Lipinski definition) is 1. The SMILES string of the molecule is Cc1cc(Cl)c(C(=O)N(c2ccccc2)C(C)C2C(C)(C)C2(C)C)cc1Cl. The predicted molar refractivity (Wildman–Crippen MR) is 115 cm³/mol. The predicted octanol–water partition coefficient (Wildman–Crippen LogP) is 7.02. The van der Waals surface area contributed by atoms with Gasteiger partial charge in [0.15, 0.2) is 0 Å². The van der Waals surface area contributed by atoms with Crippen LogP contribution in [0.15, 0.2) is 42.5 Å². The van der Waals surface area contributed by atoms with E-state index in [-0.39, 0.29) is 22.8 Å². The standard InChI is InChI=1S/C23H27Cl2NO/c1-14-12-19(25)17(13-18(14)24)21(27)26(16-10-8-7-9-11-16)15(2)20-22(3,4)23(20,5)6/h7-13,15,20H,1-6H3. The molecule has 144 valence electrons. The number of carbonyl (C=O) groups excluding carboxylic acids is 1. The molecule has 0 radical (unpaired) electrons. The molecule has 0 bridgehead atoms. The number of nitrogens with zero attached hydrogens (tertiary/aromatic N) is 1. The molecular formula is C23H27Cl2NO. The van der Waals surface area contributed by atoms with Gasteiger partial charge in [-0.25, -0.2) is 0 Å². The molecule has 4 heteroatoms. The normalized spacial score (nSPS) is 18.8. The molecule has 0 saturated heterocycles. The fourth-order valence-corrected chi connectivity index (χ4v) is 5.13. The van der Waals surface area contributed by atoms with E-state index in [0.717, 1.165) is 11.3 Å². The molecule has 1 aliphatic carbocycles. The molecule has 2 aromatic rings. The van der Waals surface area contributed by atoms with Gasteiger partial charge in [-0.2, -0.15) is 0 Å². The molecule has 0 aromatic heterocycles. The molecule has 2 nitrogen and oxygen atoms in total. The Labute approximate surface area is 172 Å². The minimum Gasteiger partial charge on any atom is -0.305 e. The molecular weight excluding hydrogens is 377 g/mol. The average Bonchev–Trinajstić information content (AvgIpc) is 3.00. The highest BCUT2D eigenvalue weighted by molar-refractivity contribution is 6.36. The zero-order chi connectivity index (χ0) is 20.1. The molecule has 0 aliphatic heterocycles. The van der Waals surface area contributed by atoms with Gasteiger partial charge in [0.2, 0.25) is 0 Å². The van der Waals surface area contributed by atoms with Gasteiger partial charge in [0.1, 0.15) is 0 Å². The number of halogens is 2. The molecule has 0 N–H and O–H groups in total. The smallest absolute Gasteiger partial charge is 0.260 e. The molecule has 1 aliphatic rings. The molecule has 0 spiro atoms. The first-order valence-electron chi connectivity index (χ1n) is 9.34. The highest BCUT2D eigenvalue weighted by atomic mass is 35.5. The maximum atomic E-state index is 13.6. The van der Waals surface area contributed by atoms with Crippen LogP contribution in [0.3, 0.4) is 0 Å². The molecule has 1 saturated carbocycles. The number of anilines is 1. The lowest BCUT2D eigenvalue weighted by atomic mass is 10.0. The van der Waals surface area contributed by atoms with Crippen molar-refractivity contribution in [1.29, 1.82) is 0 Å². The largest absolute Gasteiger partial charge is 0.305 e. The van der Waals surface area contributed by atoms with Gasteiger partial charge in [-0.3, -0.25) is 4.79 Å². The molecule has 0 heterocycles. The van der Waals surface area contributed by atoms with Crippen LogP contribution in [0.5, 0.6) is 0 Å². The van der Waals surface area contributed by atoms with Crippen molar-refractivity contribution in [3.63, 3.8) is 0 Å². The van der Waals surface area contributed by atoms with Crippen molar-refractivity contribution in [3.8, 4) is 0 Å². The number of rotatable bonds is 4.